The fourth-order valence-electron chi connectivity index (χ4n) is 2.12. The van der Waals surface area contributed by atoms with Crippen LogP contribution in [0.5, 0.6) is 0 Å². The van der Waals surface area contributed by atoms with Crippen molar-refractivity contribution in [1.29, 1.82) is 0 Å². The number of carbonyl (C=O) groups excluding carboxylic acids is 1. The van der Waals surface area contributed by atoms with E-state index < -0.39 is 26.9 Å². The van der Waals surface area contributed by atoms with Gasteiger partial charge in [-0.1, -0.05) is 0 Å². The molecule has 0 bridgehead atoms. The maximum Gasteiger partial charge on any atom is 0.258 e. The highest BCUT2D eigenvalue weighted by Crippen LogP contribution is 2.24. The summed E-state index contributed by atoms with van der Waals surface area (Å²) in [5.74, 6) is 0.0333. The molecule has 21 heavy (non-hydrogen) atoms. The molecule has 0 aliphatic carbocycles. The van der Waals surface area contributed by atoms with Gasteiger partial charge in [0, 0.05) is 31.4 Å². The highest BCUT2D eigenvalue weighted by Gasteiger charge is 2.35. The number of sulfone groups is 1. The third-order valence-corrected chi connectivity index (χ3v) is 5.80. The number of carbonyl (C=O) groups is 1. The van der Waals surface area contributed by atoms with E-state index in [9.17, 15) is 17.6 Å². The quantitative estimate of drug-likeness (QED) is 0.882. The lowest BCUT2D eigenvalue weighted by Crippen LogP contribution is -2.50. The van der Waals surface area contributed by atoms with Gasteiger partial charge in [0.05, 0.1) is 11.8 Å². The second-order valence-corrected chi connectivity index (χ2v) is 8.01. The Morgan fingerprint density at radius 2 is 2.29 bits per heavy atom. The highest BCUT2D eigenvalue weighted by molar-refractivity contribution is 8.00. The van der Waals surface area contributed by atoms with E-state index in [-0.39, 0.29) is 11.4 Å². The van der Waals surface area contributed by atoms with Gasteiger partial charge in [-0.05, 0) is 6.07 Å². The Kier molecular flexibility index (Phi) is 4.72. The third kappa shape index (κ3) is 3.46. The van der Waals surface area contributed by atoms with Crippen LogP contribution < -0.4 is 5.32 Å². The zero-order valence-corrected chi connectivity index (χ0v) is 13.3. The summed E-state index contributed by atoms with van der Waals surface area (Å²) < 4.78 is 37.0. The van der Waals surface area contributed by atoms with E-state index in [0.717, 1.165) is 18.5 Å². The molecule has 1 aliphatic rings. The number of amides is 1. The summed E-state index contributed by atoms with van der Waals surface area (Å²) in [4.78, 5) is 17.7. The zero-order valence-electron chi connectivity index (χ0n) is 11.7. The number of hydrogen-bond donors (Lipinski definition) is 1. The van der Waals surface area contributed by atoms with Gasteiger partial charge in [0.25, 0.3) is 5.91 Å². The van der Waals surface area contributed by atoms with Crippen molar-refractivity contribution in [3.05, 3.63) is 23.6 Å². The van der Waals surface area contributed by atoms with Crippen molar-refractivity contribution in [2.45, 2.75) is 5.37 Å². The Labute approximate surface area is 127 Å². The summed E-state index contributed by atoms with van der Waals surface area (Å²) in [6.45, 7) is 0.306. The van der Waals surface area contributed by atoms with E-state index in [1.165, 1.54) is 16.7 Å². The summed E-state index contributed by atoms with van der Waals surface area (Å²) in [5.41, 5.74) is 0.0399. The van der Waals surface area contributed by atoms with Crippen LogP contribution in [0.3, 0.4) is 0 Å². The zero-order chi connectivity index (χ0) is 15.6. The largest absolute Gasteiger partial charge is 0.372 e. The van der Waals surface area contributed by atoms with Crippen LogP contribution in [0.1, 0.15) is 10.4 Å². The predicted octanol–water partition coefficient (Wildman–Crippen LogP) is 0.822. The Morgan fingerprint density at radius 1 is 1.57 bits per heavy atom. The summed E-state index contributed by atoms with van der Waals surface area (Å²) in [6.07, 6.45) is 2.11. The molecule has 2 heterocycles. The van der Waals surface area contributed by atoms with Crippen molar-refractivity contribution in [2.75, 3.05) is 36.7 Å². The van der Waals surface area contributed by atoms with Crippen LogP contribution in [0, 0.1) is 5.82 Å². The molecule has 9 heteroatoms. The van der Waals surface area contributed by atoms with Crippen molar-refractivity contribution in [1.82, 2.24) is 9.88 Å². The average Bonchev–Trinajstić information content (AvgIpc) is 2.45. The van der Waals surface area contributed by atoms with Gasteiger partial charge in [-0.2, -0.15) is 11.8 Å². The first kappa shape index (κ1) is 16.0. The maximum atomic E-state index is 13.4. The first-order chi connectivity index (χ1) is 9.84. The smallest absolute Gasteiger partial charge is 0.258 e. The number of thioether (sulfide) groups is 1. The number of nitrogens with one attached hydrogen (secondary N) is 1. The molecule has 1 fully saturated rings. The summed E-state index contributed by atoms with van der Waals surface area (Å²) in [7, 11) is -1.84. The standard InChI is InChI=1S/C12H16FN3O3S2/c1-14-11-9(5-8(13)6-15-11)12(17)16-3-4-20-7-10(16)21(2,18)19/h5-6,10H,3-4,7H2,1-2H3,(H,14,15). The number of aromatic nitrogens is 1. The Bertz CT molecular complexity index is 651. The van der Waals surface area contributed by atoms with E-state index in [2.05, 4.69) is 10.3 Å². The first-order valence-corrected chi connectivity index (χ1v) is 9.36. The molecular weight excluding hydrogens is 317 g/mol. The predicted molar refractivity (Wildman–Crippen MR) is 80.7 cm³/mol. The SMILES string of the molecule is CNc1ncc(F)cc1C(=O)N1CCSCC1S(C)(=O)=O. The van der Waals surface area contributed by atoms with Crippen molar-refractivity contribution in [2.24, 2.45) is 0 Å². The lowest BCUT2D eigenvalue weighted by molar-refractivity contribution is 0.0749. The van der Waals surface area contributed by atoms with Gasteiger partial charge in [0.2, 0.25) is 0 Å². The lowest BCUT2D eigenvalue weighted by atomic mass is 10.2. The van der Waals surface area contributed by atoms with Crippen LogP contribution in [0.4, 0.5) is 10.2 Å². The number of nitrogens with zero attached hydrogens (tertiary/aromatic N) is 2. The van der Waals surface area contributed by atoms with E-state index in [0.29, 0.717) is 18.1 Å². The van der Waals surface area contributed by atoms with Crippen LogP contribution in [0.2, 0.25) is 0 Å². The van der Waals surface area contributed by atoms with Crippen molar-refractivity contribution < 1.29 is 17.6 Å². The number of anilines is 1. The van der Waals surface area contributed by atoms with E-state index >= 15 is 0 Å². The number of halogens is 1. The van der Waals surface area contributed by atoms with Gasteiger partial charge in [0.15, 0.2) is 9.84 Å². The molecule has 0 radical (unpaired) electrons. The van der Waals surface area contributed by atoms with Crippen LogP contribution in [-0.4, -0.2) is 60.9 Å². The number of hydrogen-bond acceptors (Lipinski definition) is 6. The first-order valence-electron chi connectivity index (χ1n) is 6.25. The van der Waals surface area contributed by atoms with Gasteiger partial charge in [0.1, 0.15) is 17.0 Å². The second-order valence-electron chi connectivity index (χ2n) is 4.66. The summed E-state index contributed by atoms with van der Waals surface area (Å²) in [6, 6.07) is 1.07. The minimum Gasteiger partial charge on any atom is -0.372 e. The van der Waals surface area contributed by atoms with Gasteiger partial charge < -0.3 is 10.2 Å². The normalized spacial score (nSPS) is 19.4. The Morgan fingerprint density at radius 3 is 2.90 bits per heavy atom. The molecule has 0 aromatic carbocycles. The maximum absolute atomic E-state index is 13.4. The fourth-order valence-corrected chi connectivity index (χ4v) is 4.94. The van der Waals surface area contributed by atoms with Crippen molar-refractivity contribution in [3.8, 4) is 0 Å². The van der Waals surface area contributed by atoms with E-state index in [4.69, 9.17) is 0 Å². The van der Waals surface area contributed by atoms with Gasteiger partial charge in [-0.25, -0.2) is 17.8 Å². The molecule has 2 rings (SSSR count). The molecule has 1 N–H and O–H groups in total. The molecule has 1 unspecified atom stereocenters. The molecule has 1 aromatic heterocycles. The topological polar surface area (TPSA) is 79.4 Å². The molecule has 116 valence electrons. The Hall–Kier alpha value is -1.35. The van der Waals surface area contributed by atoms with Crippen LogP contribution in [0.25, 0.3) is 0 Å². The monoisotopic (exact) mass is 333 g/mol. The molecule has 1 aromatic rings. The van der Waals surface area contributed by atoms with Crippen molar-refractivity contribution in [3.63, 3.8) is 0 Å². The minimum absolute atomic E-state index is 0.0399. The summed E-state index contributed by atoms with van der Waals surface area (Å²) >= 11 is 1.48. The molecule has 1 atom stereocenters. The molecule has 0 spiro atoms. The van der Waals surface area contributed by atoms with Gasteiger partial charge >= 0.3 is 0 Å². The average molecular weight is 333 g/mol. The Balaban J connectivity index is 2.40. The van der Waals surface area contributed by atoms with Crippen LogP contribution in [-0.2, 0) is 9.84 Å². The van der Waals surface area contributed by atoms with Crippen LogP contribution >= 0.6 is 11.8 Å². The highest BCUT2D eigenvalue weighted by atomic mass is 32.2. The molecule has 1 amide bonds. The molecule has 1 saturated heterocycles. The number of pyridine rings is 1. The summed E-state index contributed by atoms with van der Waals surface area (Å²) in [5, 5.41) is 1.82. The molecule has 0 saturated carbocycles. The van der Waals surface area contributed by atoms with Gasteiger partial charge in [-0.15, -0.1) is 0 Å². The fraction of sp³-hybridized carbons (Fsp3) is 0.500. The number of rotatable bonds is 3. The van der Waals surface area contributed by atoms with Gasteiger partial charge in [-0.3, -0.25) is 4.79 Å². The lowest BCUT2D eigenvalue weighted by Gasteiger charge is -2.34. The third-order valence-electron chi connectivity index (χ3n) is 3.16. The van der Waals surface area contributed by atoms with E-state index in [1.807, 2.05) is 0 Å². The minimum atomic E-state index is -3.41. The molecule has 1 aliphatic heterocycles. The van der Waals surface area contributed by atoms with Crippen LogP contribution in [0.15, 0.2) is 12.3 Å². The van der Waals surface area contributed by atoms with E-state index in [1.54, 1.807) is 7.05 Å². The van der Waals surface area contributed by atoms with Crippen molar-refractivity contribution >= 4 is 33.3 Å². The second kappa shape index (κ2) is 6.18. The molecular formula is C12H16FN3O3S2. The molecule has 6 nitrogen and oxygen atoms in total.